The summed E-state index contributed by atoms with van der Waals surface area (Å²) in [7, 11) is 1.62. The lowest BCUT2D eigenvalue weighted by Crippen LogP contribution is -2.12. The first-order valence-corrected chi connectivity index (χ1v) is 6.79. The zero-order chi connectivity index (χ0) is 14.7. The second-order valence-corrected chi connectivity index (χ2v) is 5.08. The Kier molecular flexibility index (Phi) is 4.23. The van der Waals surface area contributed by atoms with Gasteiger partial charge in [-0.15, -0.1) is 0 Å². The highest BCUT2D eigenvalue weighted by atomic mass is 16.5. The summed E-state index contributed by atoms with van der Waals surface area (Å²) in [6, 6.07) is 13.7. The third-order valence-corrected chi connectivity index (χ3v) is 3.84. The van der Waals surface area contributed by atoms with Crippen LogP contribution in [-0.2, 0) is 0 Å². The van der Waals surface area contributed by atoms with E-state index in [0.29, 0.717) is 11.3 Å². The highest BCUT2D eigenvalue weighted by molar-refractivity contribution is 6.03. The van der Waals surface area contributed by atoms with Crippen LogP contribution in [0.25, 0.3) is 0 Å². The van der Waals surface area contributed by atoms with Crippen LogP contribution in [0.3, 0.4) is 0 Å². The molecule has 104 valence electrons. The van der Waals surface area contributed by atoms with Crippen molar-refractivity contribution < 1.29 is 9.53 Å². The molecule has 2 rings (SSSR count). The molecular formula is C18H20O2. The summed E-state index contributed by atoms with van der Waals surface area (Å²) >= 11 is 0. The molecule has 2 aromatic carbocycles. The normalized spacial score (nSPS) is 12.0. The third-order valence-electron chi connectivity index (χ3n) is 3.84. The van der Waals surface area contributed by atoms with Crippen LogP contribution in [0.15, 0.2) is 42.5 Å². The van der Waals surface area contributed by atoms with E-state index in [1.165, 1.54) is 0 Å². The standard InChI is InChI=1S/C18H20O2/c1-12-10-11-16(18(20-4)13(12)2)17(19)14(3)15-8-6-5-7-9-15/h5-11,14H,1-4H3. The maximum absolute atomic E-state index is 12.7. The van der Waals surface area contributed by atoms with Crippen LogP contribution < -0.4 is 4.74 Å². The van der Waals surface area contributed by atoms with E-state index in [4.69, 9.17) is 4.74 Å². The van der Waals surface area contributed by atoms with Crippen molar-refractivity contribution in [3.8, 4) is 5.75 Å². The molecule has 2 nitrogen and oxygen atoms in total. The van der Waals surface area contributed by atoms with Gasteiger partial charge in [0.15, 0.2) is 5.78 Å². The van der Waals surface area contributed by atoms with Gasteiger partial charge in [0.1, 0.15) is 5.75 Å². The fourth-order valence-corrected chi connectivity index (χ4v) is 2.37. The molecule has 2 heteroatoms. The summed E-state index contributed by atoms with van der Waals surface area (Å²) in [4.78, 5) is 12.7. The Balaban J connectivity index is 2.42. The van der Waals surface area contributed by atoms with Gasteiger partial charge in [-0.3, -0.25) is 4.79 Å². The molecule has 1 atom stereocenters. The molecule has 0 saturated heterocycles. The van der Waals surface area contributed by atoms with Crippen LogP contribution in [0.4, 0.5) is 0 Å². The molecule has 0 N–H and O–H groups in total. The van der Waals surface area contributed by atoms with Crippen molar-refractivity contribution in [2.75, 3.05) is 7.11 Å². The van der Waals surface area contributed by atoms with Gasteiger partial charge in [0.05, 0.1) is 12.7 Å². The lowest BCUT2D eigenvalue weighted by molar-refractivity contribution is 0.0963. The number of hydrogen-bond donors (Lipinski definition) is 0. The number of ether oxygens (including phenoxy) is 1. The fourth-order valence-electron chi connectivity index (χ4n) is 2.37. The monoisotopic (exact) mass is 268 g/mol. The summed E-state index contributed by atoms with van der Waals surface area (Å²) in [6.45, 7) is 5.94. The number of ketones is 1. The smallest absolute Gasteiger partial charge is 0.173 e. The Bertz CT molecular complexity index is 615. The Hall–Kier alpha value is -2.09. The average Bonchev–Trinajstić information content (AvgIpc) is 2.49. The van der Waals surface area contributed by atoms with Crippen molar-refractivity contribution in [3.05, 3.63) is 64.7 Å². The van der Waals surface area contributed by atoms with E-state index in [0.717, 1.165) is 16.7 Å². The number of aryl methyl sites for hydroxylation is 1. The first-order valence-electron chi connectivity index (χ1n) is 6.79. The molecule has 0 aliphatic carbocycles. The van der Waals surface area contributed by atoms with E-state index >= 15 is 0 Å². The third kappa shape index (κ3) is 2.60. The average molecular weight is 268 g/mol. The molecule has 1 unspecified atom stereocenters. The molecule has 0 heterocycles. The predicted molar refractivity (Wildman–Crippen MR) is 81.7 cm³/mol. The lowest BCUT2D eigenvalue weighted by atomic mass is 9.90. The van der Waals surface area contributed by atoms with E-state index in [1.807, 2.05) is 63.2 Å². The maximum Gasteiger partial charge on any atom is 0.173 e. The van der Waals surface area contributed by atoms with Gasteiger partial charge in [0, 0.05) is 5.92 Å². The summed E-state index contributed by atoms with van der Waals surface area (Å²) in [6.07, 6.45) is 0. The molecule has 0 spiro atoms. The van der Waals surface area contributed by atoms with Gasteiger partial charge in [-0.2, -0.15) is 0 Å². The molecule has 0 radical (unpaired) electrons. The number of carbonyl (C=O) groups excluding carboxylic acids is 1. The van der Waals surface area contributed by atoms with Crippen molar-refractivity contribution in [2.45, 2.75) is 26.7 Å². The molecule has 0 saturated carbocycles. The second-order valence-electron chi connectivity index (χ2n) is 5.08. The number of methoxy groups -OCH3 is 1. The van der Waals surface area contributed by atoms with Crippen molar-refractivity contribution in [2.24, 2.45) is 0 Å². The second kappa shape index (κ2) is 5.91. The minimum absolute atomic E-state index is 0.0937. The summed E-state index contributed by atoms with van der Waals surface area (Å²) in [5, 5.41) is 0. The molecule has 0 aliphatic rings. The zero-order valence-electron chi connectivity index (χ0n) is 12.4. The number of rotatable bonds is 4. The first kappa shape index (κ1) is 14.3. The van der Waals surface area contributed by atoms with E-state index in [2.05, 4.69) is 0 Å². The molecule has 0 bridgehead atoms. The number of hydrogen-bond acceptors (Lipinski definition) is 2. The molecular weight excluding hydrogens is 248 g/mol. The highest BCUT2D eigenvalue weighted by Gasteiger charge is 2.21. The van der Waals surface area contributed by atoms with Crippen LogP contribution in [0.5, 0.6) is 5.75 Å². The Morgan fingerprint density at radius 2 is 1.70 bits per heavy atom. The predicted octanol–water partition coefficient (Wildman–Crippen LogP) is 4.30. The van der Waals surface area contributed by atoms with Crippen LogP contribution in [-0.4, -0.2) is 12.9 Å². The molecule has 0 fully saturated rings. The molecule has 2 aromatic rings. The molecule has 0 aliphatic heterocycles. The molecule has 0 amide bonds. The minimum Gasteiger partial charge on any atom is -0.496 e. The van der Waals surface area contributed by atoms with Crippen molar-refractivity contribution >= 4 is 5.78 Å². The van der Waals surface area contributed by atoms with Gasteiger partial charge in [-0.25, -0.2) is 0 Å². The molecule has 0 aromatic heterocycles. The largest absolute Gasteiger partial charge is 0.496 e. The van der Waals surface area contributed by atoms with Gasteiger partial charge in [-0.05, 0) is 36.6 Å². The van der Waals surface area contributed by atoms with Crippen LogP contribution in [0, 0.1) is 13.8 Å². The maximum atomic E-state index is 12.7. The van der Waals surface area contributed by atoms with Gasteiger partial charge in [0.25, 0.3) is 0 Å². The van der Waals surface area contributed by atoms with Gasteiger partial charge < -0.3 is 4.74 Å². The van der Waals surface area contributed by atoms with Crippen molar-refractivity contribution in [3.63, 3.8) is 0 Å². The number of carbonyl (C=O) groups is 1. The van der Waals surface area contributed by atoms with Crippen molar-refractivity contribution in [1.82, 2.24) is 0 Å². The number of benzene rings is 2. The Labute approximate surface area is 120 Å². The van der Waals surface area contributed by atoms with Gasteiger partial charge >= 0.3 is 0 Å². The van der Waals surface area contributed by atoms with E-state index < -0.39 is 0 Å². The van der Waals surface area contributed by atoms with Crippen LogP contribution in [0.2, 0.25) is 0 Å². The topological polar surface area (TPSA) is 26.3 Å². The quantitative estimate of drug-likeness (QED) is 0.773. The van der Waals surface area contributed by atoms with E-state index in [-0.39, 0.29) is 11.7 Å². The van der Waals surface area contributed by atoms with E-state index in [1.54, 1.807) is 7.11 Å². The SMILES string of the molecule is COc1c(C(=O)C(C)c2ccccc2)ccc(C)c1C. The lowest BCUT2D eigenvalue weighted by Gasteiger charge is -2.16. The van der Waals surface area contributed by atoms with Crippen LogP contribution in [0.1, 0.15) is 39.9 Å². The van der Waals surface area contributed by atoms with Gasteiger partial charge in [-0.1, -0.05) is 43.3 Å². The van der Waals surface area contributed by atoms with Gasteiger partial charge in [0.2, 0.25) is 0 Å². The fraction of sp³-hybridized carbons (Fsp3) is 0.278. The van der Waals surface area contributed by atoms with Crippen molar-refractivity contribution in [1.29, 1.82) is 0 Å². The summed E-state index contributed by atoms with van der Waals surface area (Å²) < 4.78 is 5.44. The first-order chi connectivity index (χ1) is 9.56. The zero-order valence-corrected chi connectivity index (χ0v) is 12.4. The van der Waals surface area contributed by atoms with Crippen LogP contribution >= 0.6 is 0 Å². The van der Waals surface area contributed by atoms with E-state index in [9.17, 15) is 4.79 Å². The Morgan fingerprint density at radius 3 is 2.30 bits per heavy atom. The minimum atomic E-state index is -0.174. The molecule has 20 heavy (non-hydrogen) atoms. The Morgan fingerprint density at radius 1 is 1.05 bits per heavy atom. The summed E-state index contributed by atoms with van der Waals surface area (Å²) in [5.74, 6) is 0.612. The highest BCUT2D eigenvalue weighted by Crippen LogP contribution is 2.30. The number of Topliss-reactive ketones (excluding diaryl/α,β-unsaturated/α-hetero) is 1. The summed E-state index contributed by atoms with van der Waals surface area (Å²) in [5.41, 5.74) is 3.84.